The summed E-state index contributed by atoms with van der Waals surface area (Å²) in [4.78, 5) is 35.7. The number of amides is 3. The van der Waals surface area contributed by atoms with E-state index in [1.54, 1.807) is 43.5 Å². The van der Waals surface area contributed by atoms with E-state index in [1.165, 1.54) is 6.07 Å². The van der Waals surface area contributed by atoms with E-state index in [0.717, 1.165) is 9.13 Å². The molecule has 3 rings (SSSR count). The Kier molecular flexibility index (Phi) is 6.19. The number of benzene rings is 2. The fraction of sp³-hybridized carbons (Fsp3) is 0.0952. The Balaban J connectivity index is 1.75. The maximum absolute atomic E-state index is 12.2. The number of anilines is 1. The minimum absolute atomic E-state index is 0.0934. The van der Waals surface area contributed by atoms with E-state index in [-0.39, 0.29) is 11.4 Å². The number of nitrogens with one attached hydrogen (secondary N) is 3. The van der Waals surface area contributed by atoms with Crippen LogP contribution in [0.15, 0.2) is 42.6 Å². The predicted octanol–water partition coefficient (Wildman–Crippen LogP) is 2.36. The molecule has 1 heterocycles. The van der Waals surface area contributed by atoms with Crippen molar-refractivity contribution in [3.05, 3.63) is 62.9 Å². The Bertz CT molecular complexity index is 1110. The highest BCUT2D eigenvalue weighted by atomic mass is 127. The lowest BCUT2D eigenvalue weighted by Crippen LogP contribution is -2.37. The van der Waals surface area contributed by atoms with Crippen LogP contribution in [0.2, 0.25) is 0 Å². The summed E-state index contributed by atoms with van der Waals surface area (Å²) in [6, 6.07) is 10.1. The maximum atomic E-state index is 12.2. The van der Waals surface area contributed by atoms with E-state index in [4.69, 9.17) is 0 Å². The van der Waals surface area contributed by atoms with E-state index in [9.17, 15) is 19.5 Å². The number of hydrogen-bond donors (Lipinski definition) is 4. The topological polar surface area (TPSA) is 108 Å². The van der Waals surface area contributed by atoms with Crippen LogP contribution in [-0.4, -0.2) is 22.8 Å². The van der Waals surface area contributed by atoms with Gasteiger partial charge in [0.2, 0.25) is 0 Å². The Morgan fingerprint density at radius 2 is 1.97 bits per heavy atom. The van der Waals surface area contributed by atoms with Gasteiger partial charge in [-0.2, -0.15) is 0 Å². The van der Waals surface area contributed by atoms with Gasteiger partial charge in [-0.15, -0.1) is 0 Å². The molecular weight excluding hydrogens is 485 g/mol. The van der Waals surface area contributed by atoms with Gasteiger partial charge in [0.1, 0.15) is 5.75 Å². The highest BCUT2D eigenvalue weighted by molar-refractivity contribution is 14.1. The first-order valence-electron chi connectivity index (χ1n) is 8.54. The van der Waals surface area contributed by atoms with E-state index < -0.39 is 17.7 Å². The van der Waals surface area contributed by atoms with E-state index in [2.05, 4.69) is 50.4 Å². The smallest absolute Gasteiger partial charge is 0.300 e. The lowest BCUT2D eigenvalue weighted by molar-refractivity contribution is -0.115. The molecule has 0 atom stereocenters. The summed E-state index contributed by atoms with van der Waals surface area (Å²) < 4.78 is 0.907. The van der Waals surface area contributed by atoms with Gasteiger partial charge in [0, 0.05) is 27.4 Å². The van der Waals surface area contributed by atoms with Gasteiger partial charge >= 0.3 is 0 Å². The molecule has 8 heteroatoms. The van der Waals surface area contributed by atoms with Gasteiger partial charge in [0.25, 0.3) is 17.7 Å². The first kappa shape index (κ1) is 20.4. The first-order valence-corrected chi connectivity index (χ1v) is 9.61. The summed E-state index contributed by atoms with van der Waals surface area (Å²) in [5.74, 6) is 3.31. The van der Waals surface area contributed by atoms with Gasteiger partial charge in [-0.05, 0) is 71.3 Å². The Labute approximate surface area is 180 Å². The highest BCUT2D eigenvalue weighted by Crippen LogP contribution is 2.26. The van der Waals surface area contributed by atoms with Crippen molar-refractivity contribution in [1.82, 2.24) is 10.6 Å². The second kappa shape index (κ2) is 8.79. The number of imide groups is 1. The zero-order valence-electron chi connectivity index (χ0n) is 15.3. The molecule has 0 saturated carbocycles. The van der Waals surface area contributed by atoms with Gasteiger partial charge in [-0.1, -0.05) is 12.0 Å². The Hall–Kier alpha value is -3.32. The van der Waals surface area contributed by atoms with Crippen molar-refractivity contribution in [1.29, 1.82) is 0 Å². The largest absolute Gasteiger partial charge is 0.506 e. The fourth-order valence-corrected chi connectivity index (χ4v) is 3.26. The van der Waals surface area contributed by atoms with Crippen LogP contribution >= 0.6 is 22.6 Å². The third kappa shape index (κ3) is 4.75. The van der Waals surface area contributed by atoms with Crippen LogP contribution in [0, 0.1) is 15.4 Å². The number of carbonyl (C=O) groups is 3. The van der Waals surface area contributed by atoms with Gasteiger partial charge < -0.3 is 15.7 Å². The summed E-state index contributed by atoms with van der Waals surface area (Å²) >= 11 is 2.12. The average molecular weight is 501 g/mol. The van der Waals surface area contributed by atoms with E-state index in [1.807, 2.05) is 0 Å². The van der Waals surface area contributed by atoms with Crippen LogP contribution in [0.25, 0.3) is 5.57 Å². The predicted molar refractivity (Wildman–Crippen MR) is 117 cm³/mol. The Morgan fingerprint density at radius 3 is 2.69 bits per heavy atom. The zero-order chi connectivity index (χ0) is 21.0. The van der Waals surface area contributed by atoms with Crippen molar-refractivity contribution in [2.24, 2.45) is 0 Å². The molecule has 0 bridgehead atoms. The summed E-state index contributed by atoms with van der Waals surface area (Å²) in [6.45, 7) is 1.87. The summed E-state index contributed by atoms with van der Waals surface area (Å²) in [6.07, 6.45) is 1.54. The number of phenolic OH excluding ortho intramolecular Hbond substituents is 1. The molecule has 0 aliphatic carbocycles. The molecule has 0 aromatic heterocycles. The molecule has 1 aliphatic rings. The number of carbonyl (C=O) groups excluding carboxylic acids is 3. The standard InChI is InChI=1S/C21H16IN3O4/c1-2-3-19(27)24-17-7-4-12(8-18(17)26)10-23-11-16-15-9-13(22)5-6-14(15)20(28)25-21(16)29/h4-9,11,23,26H,10H2,1H3,(H,24,27)(H,25,28,29). The normalized spacial score (nSPS) is 13.8. The van der Waals surface area contributed by atoms with Crippen molar-refractivity contribution in [3.63, 3.8) is 0 Å². The van der Waals surface area contributed by atoms with Crippen molar-refractivity contribution < 1.29 is 19.5 Å². The SMILES string of the molecule is CC#CC(=O)Nc1ccc(CNC=C2C(=O)NC(=O)c3ccc(I)cc32)cc1O. The second-order valence-corrected chi connectivity index (χ2v) is 7.34. The molecule has 0 unspecified atom stereocenters. The molecule has 29 heavy (non-hydrogen) atoms. The minimum Gasteiger partial charge on any atom is -0.506 e. The van der Waals surface area contributed by atoms with Crippen molar-refractivity contribution in [2.75, 3.05) is 5.32 Å². The number of rotatable bonds is 4. The molecule has 7 nitrogen and oxygen atoms in total. The summed E-state index contributed by atoms with van der Waals surface area (Å²) in [7, 11) is 0. The molecule has 0 fully saturated rings. The summed E-state index contributed by atoms with van der Waals surface area (Å²) in [5, 5.41) is 17.9. The third-order valence-electron chi connectivity index (χ3n) is 4.09. The van der Waals surface area contributed by atoms with Gasteiger partial charge in [-0.25, -0.2) is 0 Å². The van der Waals surface area contributed by atoms with Crippen LogP contribution in [0.1, 0.15) is 28.4 Å². The Morgan fingerprint density at radius 1 is 1.17 bits per heavy atom. The van der Waals surface area contributed by atoms with Gasteiger partial charge in [0.05, 0.1) is 11.3 Å². The lowest BCUT2D eigenvalue weighted by Gasteiger charge is -2.18. The molecule has 0 radical (unpaired) electrons. The van der Waals surface area contributed by atoms with Gasteiger partial charge in [-0.3, -0.25) is 19.7 Å². The molecule has 3 amide bonds. The van der Waals surface area contributed by atoms with Crippen LogP contribution in [0.3, 0.4) is 0 Å². The molecule has 1 aliphatic heterocycles. The molecule has 146 valence electrons. The summed E-state index contributed by atoms with van der Waals surface area (Å²) in [5.41, 5.74) is 2.34. The third-order valence-corrected chi connectivity index (χ3v) is 4.76. The molecular formula is C21H16IN3O4. The monoisotopic (exact) mass is 501 g/mol. The minimum atomic E-state index is -0.510. The van der Waals surface area contributed by atoms with Crippen LogP contribution < -0.4 is 16.0 Å². The van der Waals surface area contributed by atoms with E-state index >= 15 is 0 Å². The second-order valence-electron chi connectivity index (χ2n) is 6.09. The molecule has 0 spiro atoms. The fourth-order valence-electron chi connectivity index (χ4n) is 2.77. The maximum Gasteiger partial charge on any atom is 0.300 e. The number of phenols is 1. The zero-order valence-corrected chi connectivity index (χ0v) is 17.5. The lowest BCUT2D eigenvalue weighted by atomic mass is 9.95. The first-order chi connectivity index (χ1) is 13.9. The van der Waals surface area contributed by atoms with Crippen molar-refractivity contribution in [3.8, 4) is 17.6 Å². The molecule has 4 N–H and O–H groups in total. The quantitative estimate of drug-likeness (QED) is 0.169. The highest BCUT2D eigenvalue weighted by Gasteiger charge is 2.27. The molecule has 2 aromatic rings. The number of hydrogen-bond acceptors (Lipinski definition) is 5. The number of fused-ring (bicyclic) bond motifs is 1. The van der Waals surface area contributed by atoms with Crippen LogP contribution in [-0.2, 0) is 16.1 Å². The van der Waals surface area contributed by atoms with E-state index in [0.29, 0.717) is 23.2 Å². The number of aromatic hydroxyl groups is 1. The van der Waals surface area contributed by atoms with Crippen molar-refractivity contribution in [2.45, 2.75) is 13.5 Å². The molecule has 2 aromatic carbocycles. The van der Waals surface area contributed by atoms with Gasteiger partial charge in [0.15, 0.2) is 0 Å². The van der Waals surface area contributed by atoms with Crippen molar-refractivity contribution >= 4 is 51.6 Å². The van der Waals surface area contributed by atoms with Crippen LogP contribution in [0.4, 0.5) is 5.69 Å². The molecule has 0 saturated heterocycles. The number of halogens is 1. The average Bonchev–Trinajstić information content (AvgIpc) is 2.66. The van der Waals surface area contributed by atoms with Crippen LogP contribution in [0.5, 0.6) is 5.75 Å².